The molecule has 0 saturated heterocycles. The second kappa shape index (κ2) is 7.56. The maximum Gasteiger partial charge on any atom is 0.234 e. The molecule has 1 aromatic heterocycles. The van der Waals surface area contributed by atoms with Crippen LogP contribution in [-0.4, -0.2) is 26.4 Å². The van der Waals surface area contributed by atoms with Crippen molar-refractivity contribution < 1.29 is 4.79 Å². The van der Waals surface area contributed by atoms with Gasteiger partial charge in [0.2, 0.25) is 5.91 Å². The molecule has 1 aliphatic carbocycles. The van der Waals surface area contributed by atoms with Gasteiger partial charge in [0, 0.05) is 18.7 Å². The standard InChI is InChI=1S/C21H22N4OS/c1-14-7-6-10-16(11-14)22-19(26)13-27-21-24-23-20(25(21)2)18-12-17(18)15-8-4-3-5-9-15/h3-11,17-18H,12-13H2,1-2H3,(H,22,26). The molecule has 0 bridgehead atoms. The number of hydrogen-bond donors (Lipinski definition) is 1. The Morgan fingerprint density at radius 1 is 1.15 bits per heavy atom. The first-order valence-corrected chi connectivity index (χ1v) is 10.0. The molecule has 6 heteroatoms. The second-order valence-corrected chi connectivity index (χ2v) is 7.91. The number of carbonyl (C=O) groups is 1. The largest absolute Gasteiger partial charge is 0.325 e. The number of nitrogens with zero attached hydrogens (tertiary/aromatic N) is 3. The Kier molecular flexibility index (Phi) is 4.99. The molecule has 1 aliphatic rings. The van der Waals surface area contributed by atoms with Gasteiger partial charge in [0.15, 0.2) is 5.16 Å². The normalized spacial score (nSPS) is 18.3. The zero-order chi connectivity index (χ0) is 18.8. The third-order valence-corrected chi connectivity index (χ3v) is 5.87. The van der Waals surface area contributed by atoms with Crippen LogP contribution >= 0.6 is 11.8 Å². The van der Waals surface area contributed by atoms with Gasteiger partial charge in [-0.1, -0.05) is 54.2 Å². The first-order valence-electron chi connectivity index (χ1n) is 9.05. The van der Waals surface area contributed by atoms with Crippen molar-refractivity contribution >= 4 is 23.4 Å². The summed E-state index contributed by atoms with van der Waals surface area (Å²) in [6.45, 7) is 2.01. The Labute approximate surface area is 163 Å². The minimum absolute atomic E-state index is 0.0382. The van der Waals surface area contributed by atoms with Gasteiger partial charge in [-0.05, 0) is 42.5 Å². The first kappa shape index (κ1) is 17.8. The summed E-state index contributed by atoms with van der Waals surface area (Å²) in [6.07, 6.45) is 1.11. The van der Waals surface area contributed by atoms with Gasteiger partial charge in [0.1, 0.15) is 5.82 Å². The van der Waals surface area contributed by atoms with E-state index in [9.17, 15) is 4.79 Å². The number of aryl methyl sites for hydroxylation is 1. The highest BCUT2D eigenvalue weighted by atomic mass is 32.2. The van der Waals surface area contributed by atoms with Crippen molar-refractivity contribution in [2.24, 2.45) is 7.05 Å². The number of hydrogen-bond acceptors (Lipinski definition) is 4. The average molecular weight is 379 g/mol. The lowest BCUT2D eigenvalue weighted by atomic mass is 10.1. The summed E-state index contributed by atoms with van der Waals surface area (Å²) in [6, 6.07) is 18.3. The maximum atomic E-state index is 12.2. The van der Waals surface area contributed by atoms with Crippen LogP contribution in [0.25, 0.3) is 0 Å². The molecule has 2 unspecified atom stereocenters. The molecule has 5 nitrogen and oxygen atoms in total. The van der Waals surface area contributed by atoms with Gasteiger partial charge in [-0.15, -0.1) is 10.2 Å². The number of nitrogens with one attached hydrogen (secondary N) is 1. The van der Waals surface area contributed by atoms with Gasteiger partial charge >= 0.3 is 0 Å². The van der Waals surface area contributed by atoms with Crippen LogP contribution in [-0.2, 0) is 11.8 Å². The fourth-order valence-corrected chi connectivity index (χ4v) is 4.09. The molecular weight excluding hydrogens is 356 g/mol. The van der Waals surface area contributed by atoms with Crippen LogP contribution in [0.4, 0.5) is 5.69 Å². The van der Waals surface area contributed by atoms with E-state index in [1.807, 2.05) is 48.9 Å². The molecule has 1 amide bonds. The van der Waals surface area contributed by atoms with Gasteiger partial charge in [0.05, 0.1) is 5.75 Å². The number of anilines is 1. The van der Waals surface area contributed by atoms with Crippen molar-refractivity contribution in [1.29, 1.82) is 0 Å². The lowest BCUT2D eigenvalue weighted by Gasteiger charge is -2.06. The number of thioether (sulfide) groups is 1. The van der Waals surface area contributed by atoms with Crippen molar-refractivity contribution in [3.05, 3.63) is 71.5 Å². The monoisotopic (exact) mass is 378 g/mol. The topological polar surface area (TPSA) is 59.8 Å². The minimum Gasteiger partial charge on any atom is -0.325 e. The molecule has 0 spiro atoms. The third-order valence-electron chi connectivity index (χ3n) is 4.85. The maximum absolute atomic E-state index is 12.2. The summed E-state index contributed by atoms with van der Waals surface area (Å²) >= 11 is 1.42. The first-order chi connectivity index (χ1) is 13.1. The summed E-state index contributed by atoms with van der Waals surface area (Å²) in [5.74, 6) is 2.22. The SMILES string of the molecule is Cc1cccc(NC(=O)CSc2nnc(C3CC3c3ccccc3)n2C)c1. The molecule has 27 heavy (non-hydrogen) atoms. The van der Waals surface area contributed by atoms with Crippen molar-refractivity contribution in [2.75, 3.05) is 11.1 Å². The third kappa shape index (κ3) is 4.06. The average Bonchev–Trinajstić information content (AvgIpc) is 3.37. The molecule has 1 saturated carbocycles. The molecule has 3 aromatic rings. The molecule has 4 rings (SSSR count). The van der Waals surface area contributed by atoms with E-state index >= 15 is 0 Å². The summed E-state index contributed by atoms with van der Waals surface area (Å²) in [5.41, 5.74) is 3.30. The fourth-order valence-electron chi connectivity index (χ4n) is 3.37. The molecular formula is C21H22N4OS. The summed E-state index contributed by atoms with van der Waals surface area (Å²) in [5, 5.41) is 12.4. The lowest BCUT2D eigenvalue weighted by molar-refractivity contribution is -0.113. The fraction of sp³-hybridized carbons (Fsp3) is 0.286. The Bertz CT molecular complexity index is 954. The van der Waals surface area contributed by atoms with Gasteiger partial charge < -0.3 is 9.88 Å². The molecule has 0 radical (unpaired) electrons. The van der Waals surface area contributed by atoms with Crippen molar-refractivity contribution in [3.63, 3.8) is 0 Å². The van der Waals surface area contributed by atoms with Crippen LogP contribution in [0.15, 0.2) is 59.8 Å². The highest BCUT2D eigenvalue weighted by molar-refractivity contribution is 7.99. The quantitative estimate of drug-likeness (QED) is 0.655. The van der Waals surface area contributed by atoms with Gasteiger partial charge in [0.25, 0.3) is 0 Å². The van der Waals surface area contributed by atoms with E-state index in [-0.39, 0.29) is 5.91 Å². The Hall–Kier alpha value is -2.60. The zero-order valence-corrected chi connectivity index (χ0v) is 16.2. The predicted molar refractivity (Wildman–Crippen MR) is 108 cm³/mol. The number of amides is 1. The van der Waals surface area contributed by atoms with E-state index in [1.54, 1.807) is 0 Å². The van der Waals surface area contributed by atoms with Gasteiger partial charge in [-0.25, -0.2) is 0 Å². The van der Waals surface area contributed by atoms with Gasteiger partial charge in [-0.3, -0.25) is 4.79 Å². The van der Waals surface area contributed by atoms with E-state index < -0.39 is 0 Å². The summed E-state index contributed by atoms with van der Waals surface area (Å²) < 4.78 is 2.03. The van der Waals surface area contributed by atoms with E-state index in [0.29, 0.717) is 17.6 Å². The zero-order valence-electron chi connectivity index (χ0n) is 15.4. The summed E-state index contributed by atoms with van der Waals surface area (Å²) in [7, 11) is 1.98. The van der Waals surface area contributed by atoms with Crippen LogP contribution in [0.5, 0.6) is 0 Å². The van der Waals surface area contributed by atoms with Crippen LogP contribution < -0.4 is 5.32 Å². The highest BCUT2D eigenvalue weighted by Gasteiger charge is 2.42. The Morgan fingerprint density at radius 3 is 2.74 bits per heavy atom. The van der Waals surface area contributed by atoms with Crippen LogP contribution in [0.1, 0.15) is 35.2 Å². The molecule has 1 fully saturated rings. The van der Waals surface area contributed by atoms with E-state index in [2.05, 4.69) is 39.8 Å². The van der Waals surface area contributed by atoms with Crippen LogP contribution in [0, 0.1) is 6.92 Å². The molecule has 1 N–H and O–H groups in total. The Balaban J connectivity index is 1.35. The number of carbonyl (C=O) groups excluding carboxylic acids is 1. The highest BCUT2D eigenvalue weighted by Crippen LogP contribution is 2.54. The second-order valence-electron chi connectivity index (χ2n) is 6.97. The summed E-state index contributed by atoms with van der Waals surface area (Å²) in [4.78, 5) is 12.2. The minimum atomic E-state index is -0.0382. The molecule has 2 aromatic carbocycles. The lowest BCUT2D eigenvalue weighted by Crippen LogP contribution is -2.14. The Morgan fingerprint density at radius 2 is 1.96 bits per heavy atom. The number of aromatic nitrogens is 3. The smallest absolute Gasteiger partial charge is 0.234 e. The van der Waals surface area contributed by atoms with Crippen molar-refractivity contribution in [2.45, 2.75) is 30.3 Å². The van der Waals surface area contributed by atoms with E-state index in [4.69, 9.17) is 0 Å². The number of rotatable bonds is 6. The van der Waals surface area contributed by atoms with Crippen LogP contribution in [0.3, 0.4) is 0 Å². The molecule has 138 valence electrons. The molecule has 0 aliphatic heterocycles. The van der Waals surface area contributed by atoms with E-state index in [1.165, 1.54) is 17.3 Å². The predicted octanol–water partition coefficient (Wildman–Crippen LogP) is 4.13. The molecule has 2 atom stereocenters. The molecule has 1 heterocycles. The van der Waals surface area contributed by atoms with Gasteiger partial charge in [-0.2, -0.15) is 0 Å². The van der Waals surface area contributed by atoms with Crippen molar-refractivity contribution in [1.82, 2.24) is 14.8 Å². The number of benzene rings is 2. The van der Waals surface area contributed by atoms with Crippen LogP contribution in [0.2, 0.25) is 0 Å². The van der Waals surface area contributed by atoms with Crippen molar-refractivity contribution in [3.8, 4) is 0 Å². The van der Waals surface area contributed by atoms with E-state index in [0.717, 1.165) is 28.7 Å².